The number of nitrogens with zero attached hydrogens (tertiary/aromatic N) is 2. The van der Waals surface area contributed by atoms with E-state index >= 15 is 0 Å². The lowest BCUT2D eigenvalue weighted by Crippen LogP contribution is -2.51. The van der Waals surface area contributed by atoms with Gasteiger partial charge in [-0.25, -0.2) is 19.2 Å². The second-order valence-corrected chi connectivity index (χ2v) is 9.76. The van der Waals surface area contributed by atoms with Gasteiger partial charge >= 0.3 is 6.09 Å². The Morgan fingerprint density at radius 1 is 1.19 bits per heavy atom. The number of H-pyrrole nitrogens is 1. The largest absolute Gasteiger partial charge is 0.444 e. The van der Waals surface area contributed by atoms with Gasteiger partial charge in [0.15, 0.2) is 5.65 Å². The van der Waals surface area contributed by atoms with Gasteiger partial charge in [-0.3, -0.25) is 10.2 Å². The maximum Gasteiger partial charge on any atom is 0.407 e. The van der Waals surface area contributed by atoms with E-state index in [1.807, 2.05) is 0 Å². The van der Waals surface area contributed by atoms with Crippen molar-refractivity contribution in [1.29, 1.82) is 5.41 Å². The Kier molecular flexibility index (Phi) is 7.39. The van der Waals surface area contributed by atoms with Crippen LogP contribution < -0.4 is 16.0 Å². The monoisotopic (exact) mass is 511 g/mol. The molecule has 5 N–H and O–H groups in total. The zero-order valence-corrected chi connectivity index (χ0v) is 21.1. The molecule has 2 aromatic heterocycles. The number of hydrogen-bond donors (Lipinski definition) is 5. The number of carbonyl (C=O) groups excluding carboxylic acids is 2. The summed E-state index contributed by atoms with van der Waals surface area (Å²) in [6.45, 7) is 5.95. The number of aromatic nitrogens is 3. The van der Waals surface area contributed by atoms with Crippen LogP contribution in [-0.2, 0) is 9.47 Å². The van der Waals surface area contributed by atoms with Crippen molar-refractivity contribution in [2.24, 2.45) is 0 Å². The number of nitrogens with one attached hydrogen (secondary N) is 5. The van der Waals surface area contributed by atoms with Gasteiger partial charge in [-0.2, -0.15) is 0 Å². The van der Waals surface area contributed by atoms with E-state index in [4.69, 9.17) is 14.9 Å². The average molecular weight is 512 g/mol. The standard InChI is InChI=1S/C25H30FN7O4/c1-25(2,3)37-24(35)32-15-8-14(11-36-12-15)31-23(34)17-9-29-22-21(17)33-19(10-30-22)20(27)16-6-5-13(26)7-18(16)28-4/h5-7,9-10,14-15,27-28H,8,11-12H2,1-4H3,(H,29,30)(H,31,34)(H,32,35). The van der Waals surface area contributed by atoms with E-state index < -0.39 is 23.4 Å². The lowest BCUT2D eigenvalue weighted by Gasteiger charge is -2.31. The second-order valence-electron chi connectivity index (χ2n) is 9.76. The first-order valence-corrected chi connectivity index (χ1v) is 11.8. The van der Waals surface area contributed by atoms with Gasteiger partial charge in [0.25, 0.3) is 5.91 Å². The quantitative estimate of drug-likeness (QED) is 0.319. The van der Waals surface area contributed by atoms with Crippen LogP contribution in [-0.4, -0.2) is 70.6 Å². The molecule has 2 unspecified atom stereocenters. The third-order valence-electron chi connectivity index (χ3n) is 5.67. The Morgan fingerprint density at radius 3 is 2.62 bits per heavy atom. The SMILES string of the molecule is CNc1cc(F)ccc1C(=N)c1cnc2[nH]cc(C(=O)NC3COCC(NC(=O)OC(C)(C)C)C3)c2n1. The van der Waals surface area contributed by atoms with Gasteiger partial charge in [-0.1, -0.05) is 0 Å². The van der Waals surface area contributed by atoms with Crippen LogP contribution in [0.5, 0.6) is 0 Å². The zero-order chi connectivity index (χ0) is 26.7. The van der Waals surface area contributed by atoms with Crippen molar-refractivity contribution < 1.29 is 23.5 Å². The Bertz CT molecular complexity index is 1330. The molecule has 3 heterocycles. The van der Waals surface area contributed by atoms with Crippen molar-refractivity contribution in [2.45, 2.75) is 44.9 Å². The number of benzene rings is 1. The summed E-state index contributed by atoms with van der Waals surface area (Å²) in [5.74, 6) is -0.823. The highest BCUT2D eigenvalue weighted by molar-refractivity contribution is 6.14. The maximum atomic E-state index is 13.6. The van der Waals surface area contributed by atoms with Crippen LogP contribution >= 0.6 is 0 Å². The Labute approximate surface area is 213 Å². The van der Waals surface area contributed by atoms with E-state index in [9.17, 15) is 14.0 Å². The van der Waals surface area contributed by atoms with Gasteiger partial charge < -0.3 is 30.4 Å². The first-order chi connectivity index (χ1) is 17.5. The molecule has 0 bridgehead atoms. The summed E-state index contributed by atoms with van der Waals surface area (Å²) in [5, 5.41) is 17.2. The zero-order valence-electron chi connectivity index (χ0n) is 21.1. The summed E-state index contributed by atoms with van der Waals surface area (Å²) in [7, 11) is 1.64. The van der Waals surface area contributed by atoms with Gasteiger partial charge in [-0.05, 0) is 45.4 Å². The van der Waals surface area contributed by atoms with Crippen LogP contribution in [0, 0.1) is 11.2 Å². The minimum absolute atomic E-state index is 0.0306. The summed E-state index contributed by atoms with van der Waals surface area (Å²) in [6.07, 6.45) is 2.85. The van der Waals surface area contributed by atoms with E-state index in [0.717, 1.165) is 0 Å². The molecule has 11 nitrogen and oxygen atoms in total. The normalized spacial score (nSPS) is 17.8. The van der Waals surface area contributed by atoms with E-state index in [-0.39, 0.29) is 29.1 Å². The molecule has 0 saturated carbocycles. The highest BCUT2D eigenvalue weighted by atomic mass is 19.1. The Hall–Kier alpha value is -4.06. The van der Waals surface area contributed by atoms with Crippen molar-refractivity contribution in [3.63, 3.8) is 0 Å². The number of rotatable bonds is 6. The molecule has 4 rings (SSSR count). The smallest absolute Gasteiger partial charge is 0.407 e. The van der Waals surface area contributed by atoms with Crippen molar-refractivity contribution in [3.8, 4) is 0 Å². The van der Waals surface area contributed by atoms with Gasteiger partial charge in [0.1, 0.15) is 22.6 Å². The fourth-order valence-electron chi connectivity index (χ4n) is 4.03. The lowest BCUT2D eigenvalue weighted by molar-refractivity contribution is 0.0253. The van der Waals surface area contributed by atoms with Crippen molar-refractivity contribution in [2.75, 3.05) is 25.6 Å². The maximum absolute atomic E-state index is 13.6. The van der Waals surface area contributed by atoms with Crippen LogP contribution in [0.1, 0.15) is 48.8 Å². The molecule has 0 spiro atoms. The molecule has 1 saturated heterocycles. The first kappa shape index (κ1) is 26.0. The van der Waals surface area contributed by atoms with Crippen molar-refractivity contribution in [1.82, 2.24) is 25.6 Å². The minimum Gasteiger partial charge on any atom is -0.444 e. The highest BCUT2D eigenvalue weighted by Gasteiger charge is 2.28. The fraction of sp³-hybridized carbons (Fsp3) is 0.400. The molecular weight excluding hydrogens is 481 g/mol. The van der Waals surface area contributed by atoms with Gasteiger partial charge in [-0.15, -0.1) is 0 Å². The van der Waals surface area contributed by atoms with Crippen LogP contribution in [0.25, 0.3) is 11.2 Å². The molecule has 0 radical (unpaired) electrons. The van der Waals surface area contributed by atoms with Gasteiger partial charge in [0.05, 0.1) is 42.8 Å². The predicted octanol–water partition coefficient (Wildman–Crippen LogP) is 2.97. The molecule has 2 amide bonds. The van der Waals surface area contributed by atoms with Crippen LogP contribution in [0.3, 0.4) is 0 Å². The minimum atomic E-state index is -0.621. The van der Waals surface area contributed by atoms with Gasteiger partial charge in [0, 0.05) is 24.5 Å². The molecule has 12 heteroatoms. The number of anilines is 1. The third kappa shape index (κ3) is 6.20. The number of carbonyl (C=O) groups is 2. The predicted molar refractivity (Wildman–Crippen MR) is 136 cm³/mol. The number of halogens is 1. The van der Waals surface area contributed by atoms with Crippen molar-refractivity contribution in [3.05, 3.63) is 53.2 Å². The lowest BCUT2D eigenvalue weighted by atomic mass is 10.0. The number of aromatic amines is 1. The van der Waals surface area contributed by atoms with E-state index in [1.54, 1.807) is 27.8 Å². The molecule has 1 aliphatic rings. The summed E-state index contributed by atoms with van der Waals surface area (Å²) in [6, 6.07) is 3.38. The van der Waals surface area contributed by atoms with E-state index in [2.05, 4.69) is 30.9 Å². The number of amides is 2. The molecule has 1 aromatic carbocycles. The number of fused-ring (bicyclic) bond motifs is 1. The van der Waals surface area contributed by atoms with Crippen LogP contribution in [0.4, 0.5) is 14.9 Å². The number of hydrogen-bond acceptors (Lipinski definition) is 8. The molecule has 3 aromatic rings. The molecule has 2 atom stereocenters. The number of alkyl carbamates (subject to hydrolysis) is 1. The summed E-state index contributed by atoms with van der Waals surface area (Å²) < 4.78 is 24.5. The second kappa shape index (κ2) is 10.5. The third-order valence-corrected chi connectivity index (χ3v) is 5.67. The topological polar surface area (TPSA) is 154 Å². The van der Waals surface area contributed by atoms with E-state index in [0.29, 0.717) is 42.0 Å². The van der Waals surface area contributed by atoms with Crippen LogP contribution in [0.2, 0.25) is 0 Å². The summed E-state index contributed by atoms with van der Waals surface area (Å²) in [5.41, 5.74) is 1.46. The average Bonchev–Trinajstić information content (AvgIpc) is 3.26. The fourth-order valence-corrected chi connectivity index (χ4v) is 4.03. The van der Waals surface area contributed by atoms with Crippen LogP contribution in [0.15, 0.2) is 30.6 Å². The van der Waals surface area contributed by atoms with Crippen molar-refractivity contribution >= 4 is 34.6 Å². The molecule has 37 heavy (non-hydrogen) atoms. The highest BCUT2D eigenvalue weighted by Crippen LogP contribution is 2.22. The Morgan fingerprint density at radius 2 is 1.92 bits per heavy atom. The summed E-state index contributed by atoms with van der Waals surface area (Å²) >= 11 is 0. The molecule has 1 aliphatic heterocycles. The molecule has 0 aliphatic carbocycles. The molecular formula is C25H30FN7O4. The molecule has 1 fully saturated rings. The van der Waals surface area contributed by atoms with Gasteiger partial charge in [0.2, 0.25) is 0 Å². The summed E-state index contributed by atoms with van der Waals surface area (Å²) in [4.78, 5) is 37.0. The first-order valence-electron chi connectivity index (χ1n) is 11.8. The molecule has 196 valence electrons. The number of ether oxygens (including phenoxy) is 2. The van der Waals surface area contributed by atoms with E-state index in [1.165, 1.54) is 30.6 Å². The Balaban J connectivity index is 1.48.